The molecule has 0 saturated heterocycles. The predicted molar refractivity (Wildman–Crippen MR) is 82.2 cm³/mol. The average molecular weight is 281 g/mol. The van der Waals surface area contributed by atoms with Gasteiger partial charge in [-0.1, -0.05) is 13.0 Å². The quantitative estimate of drug-likeness (QED) is 0.823. The molecule has 1 aromatic heterocycles. The van der Waals surface area contributed by atoms with E-state index in [1.54, 1.807) is 6.20 Å². The molecular weight excluding hydrogens is 262 g/mol. The molecule has 0 atom stereocenters. The van der Waals surface area contributed by atoms with E-state index in [-0.39, 0.29) is 0 Å². The third kappa shape index (κ3) is 4.04. The fourth-order valence-electron chi connectivity index (χ4n) is 1.97. The number of hydrogen-bond acceptors (Lipinski definition) is 4. The summed E-state index contributed by atoms with van der Waals surface area (Å²) in [5.74, 6) is 1.23. The van der Waals surface area contributed by atoms with Crippen molar-refractivity contribution >= 4 is 0 Å². The van der Waals surface area contributed by atoms with Crippen LogP contribution >= 0.6 is 0 Å². The van der Waals surface area contributed by atoms with Crippen molar-refractivity contribution in [3.63, 3.8) is 0 Å². The van der Waals surface area contributed by atoms with Gasteiger partial charge in [-0.25, -0.2) is 0 Å². The zero-order valence-electron chi connectivity index (χ0n) is 12.4. The van der Waals surface area contributed by atoms with Gasteiger partial charge < -0.3 is 10.1 Å². The highest BCUT2D eigenvalue weighted by molar-refractivity contribution is 5.47. The standard InChI is InChI=1S/C17H19N3O/c1-3-8-19-12-14-6-7-17(15(10-14)11-18)21-16-5-4-9-20-13(16)2/h4-7,9-10,19H,3,8,12H2,1-2H3. The molecule has 0 saturated carbocycles. The normalized spacial score (nSPS) is 10.1. The van der Waals surface area contributed by atoms with Gasteiger partial charge in [0.2, 0.25) is 0 Å². The molecule has 0 spiro atoms. The molecule has 2 rings (SSSR count). The number of rotatable bonds is 6. The van der Waals surface area contributed by atoms with E-state index >= 15 is 0 Å². The molecule has 1 aromatic carbocycles. The molecular formula is C17H19N3O. The summed E-state index contributed by atoms with van der Waals surface area (Å²) in [4.78, 5) is 4.18. The number of nitrogens with zero attached hydrogens (tertiary/aromatic N) is 2. The Labute approximate surface area is 125 Å². The third-order valence-corrected chi connectivity index (χ3v) is 3.10. The van der Waals surface area contributed by atoms with Crippen LogP contribution in [-0.2, 0) is 6.54 Å². The van der Waals surface area contributed by atoms with Crippen molar-refractivity contribution in [1.82, 2.24) is 10.3 Å². The molecule has 0 radical (unpaired) electrons. The van der Waals surface area contributed by atoms with Crippen LogP contribution in [0.15, 0.2) is 36.5 Å². The Kier molecular flexibility index (Phi) is 5.30. The van der Waals surface area contributed by atoms with E-state index in [9.17, 15) is 5.26 Å². The molecule has 0 unspecified atom stereocenters. The minimum atomic E-state index is 0.536. The van der Waals surface area contributed by atoms with Crippen LogP contribution in [-0.4, -0.2) is 11.5 Å². The van der Waals surface area contributed by atoms with E-state index in [1.165, 1.54) is 0 Å². The van der Waals surface area contributed by atoms with E-state index in [0.717, 1.165) is 30.8 Å². The fourth-order valence-corrected chi connectivity index (χ4v) is 1.97. The minimum absolute atomic E-state index is 0.536. The Morgan fingerprint density at radius 1 is 1.29 bits per heavy atom. The number of aromatic nitrogens is 1. The number of nitriles is 1. The van der Waals surface area contributed by atoms with E-state index in [4.69, 9.17) is 4.74 Å². The largest absolute Gasteiger partial charge is 0.454 e. The van der Waals surface area contributed by atoms with Crippen LogP contribution < -0.4 is 10.1 Å². The number of aryl methyl sites for hydroxylation is 1. The van der Waals surface area contributed by atoms with Crippen LogP contribution in [0, 0.1) is 18.3 Å². The first kappa shape index (κ1) is 15.0. The van der Waals surface area contributed by atoms with Crippen molar-refractivity contribution in [3.8, 4) is 17.6 Å². The lowest BCUT2D eigenvalue weighted by atomic mass is 10.1. The van der Waals surface area contributed by atoms with Crippen LogP contribution in [0.25, 0.3) is 0 Å². The molecule has 21 heavy (non-hydrogen) atoms. The Bertz CT molecular complexity index is 647. The summed E-state index contributed by atoms with van der Waals surface area (Å²) >= 11 is 0. The van der Waals surface area contributed by atoms with Crippen LogP contribution in [0.4, 0.5) is 0 Å². The average Bonchev–Trinajstić information content (AvgIpc) is 2.51. The van der Waals surface area contributed by atoms with Crippen molar-refractivity contribution in [1.29, 1.82) is 5.26 Å². The van der Waals surface area contributed by atoms with Gasteiger partial charge in [0.05, 0.1) is 11.3 Å². The summed E-state index contributed by atoms with van der Waals surface area (Å²) in [6.07, 6.45) is 2.81. The van der Waals surface area contributed by atoms with E-state index in [0.29, 0.717) is 17.1 Å². The molecule has 0 amide bonds. The van der Waals surface area contributed by atoms with Gasteiger partial charge in [0.15, 0.2) is 0 Å². The molecule has 2 aromatic rings. The summed E-state index contributed by atoms with van der Waals surface area (Å²) < 4.78 is 5.81. The van der Waals surface area contributed by atoms with Crippen molar-refractivity contribution in [2.45, 2.75) is 26.8 Å². The molecule has 4 heteroatoms. The first-order valence-corrected chi connectivity index (χ1v) is 7.07. The first-order chi connectivity index (χ1) is 10.2. The zero-order valence-corrected chi connectivity index (χ0v) is 12.4. The van der Waals surface area contributed by atoms with Gasteiger partial charge in [-0.15, -0.1) is 0 Å². The predicted octanol–water partition coefficient (Wildman–Crippen LogP) is 3.55. The molecule has 1 N–H and O–H groups in total. The van der Waals surface area contributed by atoms with Crippen molar-refractivity contribution < 1.29 is 4.74 Å². The summed E-state index contributed by atoms with van der Waals surface area (Å²) in [7, 11) is 0. The lowest BCUT2D eigenvalue weighted by Crippen LogP contribution is -2.13. The van der Waals surface area contributed by atoms with Gasteiger partial charge in [-0.05, 0) is 49.7 Å². The van der Waals surface area contributed by atoms with Crippen molar-refractivity contribution in [3.05, 3.63) is 53.3 Å². The highest BCUT2D eigenvalue weighted by atomic mass is 16.5. The number of benzene rings is 1. The maximum absolute atomic E-state index is 9.30. The Morgan fingerprint density at radius 3 is 2.86 bits per heavy atom. The first-order valence-electron chi connectivity index (χ1n) is 7.07. The van der Waals surface area contributed by atoms with Gasteiger partial charge in [0.25, 0.3) is 0 Å². The van der Waals surface area contributed by atoms with E-state index in [1.807, 2.05) is 37.3 Å². The molecule has 0 aliphatic carbocycles. The Hall–Kier alpha value is -2.38. The number of hydrogen-bond donors (Lipinski definition) is 1. The summed E-state index contributed by atoms with van der Waals surface area (Å²) in [5, 5.41) is 12.6. The second-order valence-electron chi connectivity index (χ2n) is 4.81. The molecule has 1 heterocycles. The molecule has 0 bridgehead atoms. The topological polar surface area (TPSA) is 57.9 Å². The molecule has 4 nitrogen and oxygen atoms in total. The van der Waals surface area contributed by atoms with Gasteiger partial charge in [0, 0.05) is 12.7 Å². The lowest BCUT2D eigenvalue weighted by Gasteiger charge is -2.10. The highest BCUT2D eigenvalue weighted by Crippen LogP contribution is 2.27. The molecule has 0 aliphatic heterocycles. The van der Waals surface area contributed by atoms with Gasteiger partial charge in [-0.2, -0.15) is 5.26 Å². The third-order valence-electron chi connectivity index (χ3n) is 3.10. The van der Waals surface area contributed by atoms with Crippen LogP contribution in [0.3, 0.4) is 0 Å². The summed E-state index contributed by atoms with van der Waals surface area (Å²) in [5.41, 5.74) is 2.42. The lowest BCUT2D eigenvalue weighted by molar-refractivity contribution is 0.474. The number of ether oxygens (including phenoxy) is 1. The SMILES string of the molecule is CCCNCc1ccc(Oc2cccnc2C)c(C#N)c1. The van der Waals surface area contributed by atoms with E-state index in [2.05, 4.69) is 23.3 Å². The van der Waals surface area contributed by atoms with Gasteiger partial charge in [-0.3, -0.25) is 4.98 Å². The van der Waals surface area contributed by atoms with Gasteiger partial charge in [0.1, 0.15) is 17.6 Å². The number of pyridine rings is 1. The second-order valence-corrected chi connectivity index (χ2v) is 4.81. The van der Waals surface area contributed by atoms with Crippen molar-refractivity contribution in [2.75, 3.05) is 6.54 Å². The van der Waals surface area contributed by atoms with Crippen LogP contribution in [0.2, 0.25) is 0 Å². The van der Waals surface area contributed by atoms with Crippen molar-refractivity contribution in [2.24, 2.45) is 0 Å². The zero-order chi connectivity index (χ0) is 15.1. The molecule has 108 valence electrons. The van der Waals surface area contributed by atoms with Gasteiger partial charge >= 0.3 is 0 Å². The maximum atomic E-state index is 9.30. The Morgan fingerprint density at radius 2 is 2.14 bits per heavy atom. The Balaban J connectivity index is 2.17. The smallest absolute Gasteiger partial charge is 0.148 e. The summed E-state index contributed by atoms with van der Waals surface area (Å²) in [6, 6.07) is 11.5. The fraction of sp³-hybridized carbons (Fsp3) is 0.294. The molecule has 0 aliphatic rings. The summed E-state index contributed by atoms with van der Waals surface area (Å²) in [6.45, 7) is 5.73. The van der Waals surface area contributed by atoms with E-state index < -0.39 is 0 Å². The second kappa shape index (κ2) is 7.41. The minimum Gasteiger partial charge on any atom is -0.454 e. The van der Waals surface area contributed by atoms with Crippen LogP contribution in [0.1, 0.15) is 30.2 Å². The number of nitrogens with one attached hydrogen (secondary N) is 1. The van der Waals surface area contributed by atoms with Crippen LogP contribution in [0.5, 0.6) is 11.5 Å². The maximum Gasteiger partial charge on any atom is 0.148 e. The monoisotopic (exact) mass is 281 g/mol. The molecule has 0 fully saturated rings. The highest BCUT2D eigenvalue weighted by Gasteiger charge is 2.08.